The molecule has 0 amide bonds. The largest absolute Gasteiger partial charge is 0.307 e. The van der Waals surface area contributed by atoms with E-state index in [-0.39, 0.29) is 29.3 Å². The van der Waals surface area contributed by atoms with Gasteiger partial charge in [0.15, 0.2) is 23.3 Å². The van der Waals surface area contributed by atoms with Crippen LogP contribution in [-0.4, -0.2) is 10.9 Å². The van der Waals surface area contributed by atoms with Crippen molar-refractivity contribution in [1.29, 1.82) is 0 Å². The van der Waals surface area contributed by atoms with Gasteiger partial charge in [-0.25, -0.2) is 22.0 Å². The smallest absolute Gasteiger partial charge is 0.200 e. The number of benzene rings is 3. The summed E-state index contributed by atoms with van der Waals surface area (Å²) in [5.41, 5.74) is 1.08. The Balaban J connectivity index is 1.99. The molecule has 186 valence electrons. The minimum atomic E-state index is -2.17. The average Bonchev–Trinajstić information content (AvgIpc) is 2.89. The fourth-order valence-corrected chi connectivity index (χ4v) is 4.66. The van der Waals surface area contributed by atoms with Crippen molar-refractivity contribution in [3.05, 3.63) is 106 Å². The molecule has 0 aliphatic heterocycles. The van der Waals surface area contributed by atoms with E-state index in [0.717, 1.165) is 24.0 Å². The molecule has 3 rings (SSSR count). The maximum Gasteiger partial charge on any atom is 0.200 e. The molecular formula is C28H28F5NS. The molecule has 35 heavy (non-hydrogen) atoms. The zero-order chi connectivity index (χ0) is 25.5. The first-order chi connectivity index (χ1) is 16.8. The van der Waals surface area contributed by atoms with Crippen LogP contribution in [0.15, 0.2) is 60.7 Å². The SMILES string of the molecule is CCC(CC)N[C@H](c1ccccc1)[C@H](CC(=S)Cc1c(F)c(F)c(F)c(F)c1F)c1ccccc1. The van der Waals surface area contributed by atoms with E-state index in [2.05, 4.69) is 19.2 Å². The summed E-state index contributed by atoms with van der Waals surface area (Å²) in [6.07, 6.45) is 1.48. The molecule has 3 aromatic carbocycles. The first-order valence-electron chi connectivity index (χ1n) is 11.7. The molecule has 0 unspecified atom stereocenters. The molecule has 0 aliphatic carbocycles. The lowest BCUT2D eigenvalue weighted by Gasteiger charge is -2.33. The van der Waals surface area contributed by atoms with Crippen LogP contribution in [0.4, 0.5) is 22.0 Å². The molecule has 0 aromatic heterocycles. The van der Waals surface area contributed by atoms with Crippen molar-refractivity contribution in [3.63, 3.8) is 0 Å². The second-order valence-corrected chi connectivity index (χ2v) is 9.13. The number of hydrogen-bond acceptors (Lipinski definition) is 2. The van der Waals surface area contributed by atoms with E-state index in [4.69, 9.17) is 12.2 Å². The summed E-state index contributed by atoms with van der Waals surface area (Å²) >= 11 is 5.49. The minimum absolute atomic E-state index is 0.183. The van der Waals surface area contributed by atoms with E-state index in [9.17, 15) is 22.0 Å². The summed E-state index contributed by atoms with van der Waals surface area (Å²) in [6.45, 7) is 4.18. The lowest BCUT2D eigenvalue weighted by Crippen LogP contribution is -2.36. The third kappa shape index (κ3) is 6.33. The van der Waals surface area contributed by atoms with Crippen LogP contribution in [-0.2, 0) is 6.42 Å². The summed E-state index contributed by atoms with van der Waals surface area (Å²) in [4.78, 5) is 0.203. The molecule has 3 aromatic rings. The maximum absolute atomic E-state index is 14.3. The van der Waals surface area contributed by atoms with Gasteiger partial charge in [0.25, 0.3) is 0 Å². The summed E-state index contributed by atoms with van der Waals surface area (Å²) in [6, 6.07) is 19.4. The number of nitrogens with one attached hydrogen (secondary N) is 1. The Kier molecular flexibility index (Phi) is 9.52. The van der Waals surface area contributed by atoms with Gasteiger partial charge in [0.2, 0.25) is 5.82 Å². The normalized spacial score (nSPS) is 13.1. The van der Waals surface area contributed by atoms with Crippen LogP contribution in [0.3, 0.4) is 0 Å². The van der Waals surface area contributed by atoms with Gasteiger partial charge in [0.1, 0.15) is 0 Å². The molecule has 0 fully saturated rings. The Morgan fingerprint density at radius 1 is 0.714 bits per heavy atom. The lowest BCUT2D eigenvalue weighted by atomic mass is 9.82. The number of halogens is 5. The molecule has 0 bridgehead atoms. The zero-order valence-electron chi connectivity index (χ0n) is 19.6. The van der Waals surface area contributed by atoms with E-state index in [0.29, 0.717) is 0 Å². The third-order valence-corrected chi connectivity index (χ3v) is 6.62. The van der Waals surface area contributed by atoms with Crippen LogP contribution in [0.5, 0.6) is 0 Å². The van der Waals surface area contributed by atoms with Crippen LogP contribution in [0.25, 0.3) is 0 Å². The van der Waals surface area contributed by atoms with Crippen molar-refractivity contribution < 1.29 is 22.0 Å². The molecule has 0 heterocycles. The molecule has 2 atom stereocenters. The number of hydrogen-bond donors (Lipinski definition) is 1. The van der Waals surface area contributed by atoms with Gasteiger partial charge in [-0.3, -0.25) is 0 Å². The Morgan fingerprint density at radius 3 is 1.66 bits per heavy atom. The molecule has 1 N–H and O–H groups in total. The highest BCUT2D eigenvalue weighted by Gasteiger charge is 2.30. The highest BCUT2D eigenvalue weighted by atomic mass is 32.1. The second kappa shape index (κ2) is 12.4. The van der Waals surface area contributed by atoms with Crippen molar-refractivity contribution in [3.8, 4) is 0 Å². The first kappa shape index (κ1) is 27.0. The number of rotatable bonds is 11. The van der Waals surface area contributed by atoms with Gasteiger partial charge in [-0.2, -0.15) is 0 Å². The minimum Gasteiger partial charge on any atom is -0.307 e. The Morgan fingerprint density at radius 2 is 1.17 bits per heavy atom. The molecule has 0 saturated heterocycles. The van der Waals surface area contributed by atoms with E-state index in [1.807, 2.05) is 60.7 Å². The highest BCUT2D eigenvalue weighted by molar-refractivity contribution is 7.80. The van der Waals surface area contributed by atoms with Crippen molar-refractivity contribution in [2.75, 3.05) is 0 Å². The zero-order valence-corrected chi connectivity index (χ0v) is 20.4. The van der Waals surface area contributed by atoms with Gasteiger partial charge in [-0.1, -0.05) is 86.7 Å². The fraction of sp³-hybridized carbons (Fsp3) is 0.321. The van der Waals surface area contributed by atoms with Gasteiger partial charge in [-0.05, 0) is 35.3 Å². The molecular weight excluding hydrogens is 477 g/mol. The van der Waals surface area contributed by atoms with Crippen molar-refractivity contribution in [1.82, 2.24) is 5.32 Å². The molecule has 7 heteroatoms. The highest BCUT2D eigenvalue weighted by Crippen LogP contribution is 2.36. The molecule has 0 aliphatic rings. The van der Waals surface area contributed by atoms with Gasteiger partial charge in [0.05, 0.1) is 0 Å². The van der Waals surface area contributed by atoms with Crippen LogP contribution >= 0.6 is 12.2 Å². The predicted molar refractivity (Wildman–Crippen MR) is 133 cm³/mol. The molecule has 0 radical (unpaired) electrons. The Labute approximate surface area is 208 Å². The average molecular weight is 506 g/mol. The summed E-state index contributed by atoms with van der Waals surface area (Å²) in [5, 5.41) is 3.71. The fourth-order valence-electron chi connectivity index (χ4n) is 4.33. The van der Waals surface area contributed by atoms with E-state index in [1.165, 1.54) is 0 Å². The monoisotopic (exact) mass is 505 g/mol. The second-order valence-electron chi connectivity index (χ2n) is 8.55. The van der Waals surface area contributed by atoms with E-state index in [1.54, 1.807) is 0 Å². The Hall–Kier alpha value is -2.64. The molecule has 1 nitrogen and oxygen atoms in total. The first-order valence-corrected chi connectivity index (χ1v) is 12.1. The maximum atomic E-state index is 14.3. The Bertz CT molecular complexity index is 1100. The van der Waals surface area contributed by atoms with Crippen molar-refractivity contribution >= 4 is 17.1 Å². The van der Waals surface area contributed by atoms with E-state index < -0.39 is 41.1 Å². The molecule has 0 saturated carbocycles. The lowest BCUT2D eigenvalue weighted by molar-refractivity contribution is 0.369. The predicted octanol–water partition coefficient (Wildman–Crippen LogP) is 7.99. The van der Waals surface area contributed by atoms with Crippen LogP contribution in [0.1, 0.15) is 61.8 Å². The quantitative estimate of drug-likeness (QED) is 0.123. The van der Waals surface area contributed by atoms with Gasteiger partial charge in [0, 0.05) is 30.0 Å². The van der Waals surface area contributed by atoms with E-state index >= 15 is 0 Å². The summed E-state index contributed by atoms with van der Waals surface area (Å²) < 4.78 is 69.6. The summed E-state index contributed by atoms with van der Waals surface area (Å²) in [7, 11) is 0. The van der Waals surface area contributed by atoms with Gasteiger partial charge >= 0.3 is 0 Å². The van der Waals surface area contributed by atoms with Crippen LogP contribution in [0, 0.1) is 29.1 Å². The topological polar surface area (TPSA) is 12.0 Å². The summed E-state index contributed by atoms with van der Waals surface area (Å²) in [5.74, 6) is -9.99. The van der Waals surface area contributed by atoms with Crippen molar-refractivity contribution in [2.24, 2.45) is 0 Å². The number of thiocarbonyl (C=S) groups is 1. The molecule has 0 spiro atoms. The van der Waals surface area contributed by atoms with Gasteiger partial charge in [-0.15, -0.1) is 0 Å². The third-order valence-electron chi connectivity index (χ3n) is 6.31. The van der Waals surface area contributed by atoms with Crippen LogP contribution in [0.2, 0.25) is 0 Å². The van der Waals surface area contributed by atoms with Crippen LogP contribution < -0.4 is 5.32 Å². The van der Waals surface area contributed by atoms with Crippen molar-refractivity contribution in [2.45, 2.75) is 57.5 Å². The standard InChI is InChI=1S/C28H28F5NS/c1-3-19(4-2)34-28(18-13-9-6-10-14-18)21(17-11-7-5-8-12-17)15-20(35)16-22-23(29)25(31)27(33)26(32)24(22)30/h5-14,19,21,28,34H,3-4,15-16H2,1-2H3/t21-,28-/m1/s1. The van der Waals surface area contributed by atoms with Gasteiger partial charge < -0.3 is 5.32 Å².